The van der Waals surface area contributed by atoms with E-state index in [1.807, 2.05) is 0 Å². The highest BCUT2D eigenvalue weighted by Crippen LogP contribution is 2.27. The molecule has 20 heavy (non-hydrogen) atoms. The Hall–Kier alpha value is -3.03. The number of hydrogen-bond acceptors (Lipinski definition) is 7. The molecule has 2 N–H and O–H groups in total. The summed E-state index contributed by atoms with van der Waals surface area (Å²) in [6.07, 6.45) is 1.18. The van der Waals surface area contributed by atoms with Gasteiger partial charge in [-0.3, -0.25) is 10.1 Å². The maximum atomic E-state index is 11.4. The van der Waals surface area contributed by atoms with E-state index in [-0.39, 0.29) is 28.5 Å². The third-order valence-corrected chi connectivity index (χ3v) is 2.57. The van der Waals surface area contributed by atoms with Gasteiger partial charge >= 0.3 is 5.97 Å². The van der Waals surface area contributed by atoms with E-state index in [2.05, 4.69) is 14.7 Å². The number of nitro benzene ring substituents is 1. The lowest BCUT2D eigenvalue weighted by molar-refractivity contribution is -0.384. The molecular formula is C12H10N4O4. The molecule has 0 fully saturated rings. The monoisotopic (exact) mass is 274 g/mol. The first-order valence-electron chi connectivity index (χ1n) is 5.49. The third kappa shape index (κ3) is 2.39. The lowest BCUT2D eigenvalue weighted by Gasteiger charge is -2.05. The maximum absolute atomic E-state index is 11.4. The summed E-state index contributed by atoms with van der Waals surface area (Å²) in [5, 5.41) is 10.9. The van der Waals surface area contributed by atoms with Crippen LogP contribution in [0.5, 0.6) is 0 Å². The van der Waals surface area contributed by atoms with E-state index in [1.54, 1.807) is 6.07 Å². The van der Waals surface area contributed by atoms with Crippen LogP contribution < -0.4 is 5.73 Å². The number of nitrogen functional groups attached to an aromatic ring is 1. The van der Waals surface area contributed by atoms with E-state index < -0.39 is 10.9 Å². The van der Waals surface area contributed by atoms with Crippen molar-refractivity contribution in [3.05, 3.63) is 46.1 Å². The fraction of sp³-hybridized carbons (Fsp3) is 0.0833. The number of anilines is 1. The number of benzene rings is 1. The van der Waals surface area contributed by atoms with Crippen molar-refractivity contribution in [2.75, 3.05) is 12.8 Å². The number of nitrogens with zero attached hydrogens (tertiary/aromatic N) is 3. The van der Waals surface area contributed by atoms with Gasteiger partial charge in [-0.1, -0.05) is 12.1 Å². The van der Waals surface area contributed by atoms with E-state index in [0.29, 0.717) is 0 Å². The molecule has 0 bridgehead atoms. The van der Waals surface area contributed by atoms with Crippen LogP contribution >= 0.6 is 0 Å². The molecule has 102 valence electrons. The largest absolute Gasteiger partial charge is 0.465 e. The van der Waals surface area contributed by atoms with Crippen LogP contribution in [0.25, 0.3) is 11.4 Å². The number of nitrogens with two attached hydrogens (primary N) is 1. The molecule has 0 aliphatic heterocycles. The van der Waals surface area contributed by atoms with Crippen molar-refractivity contribution in [1.82, 2.24) is 9.97 Å². The number of rotatable bonds is 3. The summed E-state index contributed by atoms with van der Waals surface area (Å²) in [6.45, 7) is 0. The standard InChI is InChI=1S/C12H10N4O4/c1-20-12(17)8-6-14-11(15-10(8)13)7-4-2-3-5-9(7)16(18)19/h2-6H,1H3,(H2,13,14,15). The average Bonchev–Trinajstić information content (AvgIpc) is 2.46. The molecular weight excluding hydrogens is 264 g/mol. The van der Waals surface area contributed by atoms with Gasteiger partial charge in [-0.25, -0.2) is 14.8 Å². The quantitative estimate of drug-likeness (QED) is 0.510. The van der Waals surface area contributed by atoms with Crippen molar-refractivity contribution >= 4 is 17.5 Å². The van der Waals surface area contributed by atoms with Gasteiger partial charge in [0.15, 0.2) is 5.82 Å². The summed E-state index contributed by atoms with van der Waals surface area (Å²) >= 11 is 0. The van der Waals surface area contributed by atoms with Crippen LogP contribution in [0.2, 0.25) is 0 Å². The molecule has 0 unspecified atom stereocenters. The van der Waals surface area contributed by atoms with Gasteiger partial charge in [-0.05, 0) is 6.07 Å². The van der Waals surface area contributed by atoms with E-state index in [4.69, 9.17) is 5.73 Å². The minimum absolute atomic E-state index is 0.00911. The number of para-hydroxylation sites is 1. The molecule has 1 heterocycles. The van der Waals surface area contributed by atoms with Gasteiger partial charge in [-0.15, -0.1) is 0 Å². The van der Waals surface area contributed by atoms with Gasteiger partial charge in [0.1, 0.15) is 11.4 Å². The normalized spacial score (nSPS) is 10.1. The van der Waals surface area contributed by atoms with Crippen LogP contribution in [0.4, 0.5) is 11.5 Å². The van der Waals surface area contributed by atoms with E-state index in [1.165, 1.54) is 31.5 Å². The molecule has 0 atom stereocenters. The highest BCUT2D eigenvalue weighted by Gasteiger charge is 2.19. The summed E-state index contributed by atoms with van der Waals surface area (Å²) in [6, 6.07) is 6.00. The number of ether oxygens (including phenoxy) is 1. The van der Waals surface area contributed by atoms with E-state index in [9.17, 15) is 14.9 Å². The number of carbonyl (C=O) groups is 1. The molecule has 0 radical (unpaired) electrons. The van der Waals surface area contributed by atoms with Crippen molar-refractivity contribution in [3.8, 4) is 11.4 Å². The second-order valence-corrected chi connectivity index (χ2v) is 3.76. The Balaban J connectivity index is 2.53. The molecule has 1 aromatic carbocycles. The number of carbonyl (C=O) groups excluding carboxylic acids is 1. The van der Waals surface area contributed by atoms with Gasteiger partial charge in [0.2, 0.25) is 0 Å². The molecule has 2 rings (SSSR count). The zero-order chi connectivity index (χ0) is 14.7. The van der Waals surface area contributed by atoms with Crippen LogP contribution in [-0.4, -0.2) is 28.0 Å². The van der Waals surface area contributed by atoms with Crippen LogP contribution in [0, 0.1) is 10.1 Å². The Labute approximate surface area is 113 Å². The van der Waals surface area contributed by atoms with Crippen molar-refractivity contribution in [3.63, 3.8) is 0 Å². The molecule has 0 spiro atoms. The molecule has 0 saturated carbocycles. The minimum Gasteiger partial charge on any atom is -0.465 e. The van der Waals surface area contributed by atoms with E-state index in [0.717, 1.165) is 0 Å². The molecule has 1 aromatic heterocycles. The molecule has 0 amide bonds. The zero-order valence-electron chi connectivity index (χ0n) is 10.4. The van der Waals surface area contributed by atoms with Gasteiger partial charge < -0.3 is 10.5 Å². The molecule has 2 aromatic rings. The fourth-order valence-corrected chi connectivity index (χ4v) is 1.61. The second-order valence-electron chi connectivity index (χ2n) is 3.76. The SMILES string of the molecule is COC(=O)c1cnc(-c2ccccc2[N+](=O)[O-])nc1N. The Kier molecular flexibility index (Phi) is 3.56. The lowest BCUT2D eigenvalue weighted by atomic mass is 10.1. The van der Waals surface area contributed by atoms with Crippen LogP contribution in [0.15, 0.2) is 30.5 Å². The van der Waals surface area contributed by atoms with Crippen molar-refractivity contribution in [2.24, 2.45) is 0 Å². The van der Waals surface area contributed by atoms with Crippen molar-refractivity contribution in [2.45, 2.75) is 0 Å². The van der Waals surface area contributed by atoms with E-state index >= 15 is 0 Å². The number of methoxy groups -OCH3 is 1. The van der Waals surface area contributed by atoms with Crippen molar-refractivity contribution < 1.29 is 14.5 Å². The molecule has 8 nitrogen and oxygen atoms in total. The van der Waals surface area contributed by atoms with Gasteiger partial charge in [0.05, 0.1) is 17.6 Å². The first-order chi connectivity index (χ1) is 9.54. The number of aromatic nitrogens is 2. The van der Waals surface area contributed by atoms with Crippen LogP contribution in [0.3, 0.4) is 0 Å². The Morgan fingerprint density at radius 2 is 2.10 bits per heavy atom. The highest BCUT2D eigenvalue weighted by molar-refractivity contribution is 5.94. The Morgan fingerprint density at radius 3 is 2.70 bits per heavy atom. The summed E-state index contributed by atoms with van der Waals surface area (Å²) in [5.41, 5.74) is 5.73. The Morgan fingerprint density at radius 1 is 1.40 bits per heavy atom. The maximum Gasteiger partial charge on any atom is 0.343 e. The summed E-state index contributed by atoms with van der Waals surface area (Å²) in [4.78, 5) is 29.6. The topological polar surface area (TPSA) is 121 Å². The van der Waals surface area contributed by atoms with Gasteiger partial charge in [-0.2, -0.15) is 0 Å². The van der Waals surface area contributed by atoms with Gasteiger partial charge in [0.25, 0.3) is 5.69 Å². The predicted molar refractivity (Wildman–Crippen MR) is 69.9 cm³/mol. The fourth-order valence-electron chi connectivity index (χ4n) is 1.61. The predicted octanol–water partition coefficient (Wildman–Crippen LogP) is 1.42. The molecule has 8 heteroatoms. The molecule has 0 aliphatic rings. The third-order valence-electron chi connectivity index (χ3n) is 2.57. The smallest absolute Gasteiger partial charge is 0.343 e. The first kappa shape index (κ1) is 13.4. The highest BCUT2D eigenvalue weighted by atomic mass is 16.6. The van der Waals surface area contributed by atoms with Crippen LogP contribution in [-0.2, 0) is 4.74 Å². The Bertz CT molecular complexity index is 687. The minimum atomic E-state index is -0.670. The lowest BCUT2D eigenvalue weighted by Crippen LogP contribution is -2.09. The number of esters is 1. The number of nitro groups is 1. The second kappa shape index (κ2) is 5.31. The van der Waals surface area contributed by atoms with Gasteiger partial charge in [0, 0.05) is 12.3 Å². The first-order valence-corrected chi connectivity index (χ1v) is 5.49. The zero-order valence-corrected chi connectivity index (χ0v) is 10.4. The molecule has 0 saturated heterocycles. The summed E-state index contributed by atoms with van der Waals surface area (Å²) in [5.74, 6) is -0.695. The van der Waals surface area contributed by atoms with Crippen molar-refractivity contribution in [1.29, 1.82) is 0 Å². The average molecular weight is 274 g/mol. The summed E-state index contributed by atoms with van der Waals surface area (Å²) < 4.78 is 4.52. The van der Waals surface area contributed by atoms with Crippen LogP contribution in [0.1, 0.15) is 10.4 Å². The number of hydrogen-bond donors (Lipinski definition) is 1. The summed E-state index contributed by atoms with van der Waals surface area (Å²) in [7, 11) is 1.21. The molecule has 0 aliphatic carbocycles.